The molecule has 0 heterocycles. The zero-order chi connectivity index (χ0) is 14.3. The van der Waals surface area contributed by atoms with Crippen molar-refractivity contribution < 1.29 is 39.5 Å². The lowest BCUT2D eigenvalue weighted by Gasteiger charge is -2.34. The van der Waals surface area contributed by atoms with Crippen molar-refractivity contribution in [3.05, 3.63) is 12.3 Å². The van der Waals surface area contributed by atoms with Crippen molar-refractivity contribution >= 4 is 0 Å². The highest BCUT2D eigenvalue weighted by Crippen LogP contribution is 2.52. The molecule has 0 saturated carbocycles. The molecule has 0 aliphatic rings. The van der Waals surface area contributed by atoms with Gasteiger partial charge in [0.1, 0.15) is 0 Å². The molecule has 0 fully saturated rings. The Labute approximate surface area is 89.3 Å². The van der Waals surface area contributed by atoms with Crippen molar-refractivity contribution in [1.29, 1.82) is 0 Å². The van der Waals surface area contributed by atoms with Crippen LogP contribution in [0.25, 0.3) is 0 Å². The Kier molecular flexibility index (Phi) is 3.73. The third-order valence-corrected chi connectivity index (χ3v) is 1.52. The molecule has 1 N–H and O–H groups in total. The number of nitrogens with one attached hydrogen (secondary N) is 1. The van der Waals surface area contributed by atoms with Gasteiger partial charge in [0.25, 0.3) is 0 Å². The average molecular weight is 275 g/mol. The van der Waals surface area contributed by atoms with E-state index in [1.54, 1.807) is 0 Å². The smallest absolute Gasteiger partial charge is 0.326 e. The van der Waals surface area contributed by atoms with Crippen LogP contribution < -0.4 is 5.32 Å². The van der Waals surface area contributed by atoms with Crippen LogP contribution in [0, 0.1) is 0 Å². The molecule has 0 radical (unpaired) electrons. The van der Waals surface area contributed by atoms with Crippen LogP contribution in [-0.2, 0) is 0 Å². The standard InChI is InChI=1S/C7H6F9N/c1-3(2)17-7(15,16)5(10,11)4(8,9)6(12,13)14/h17H,1H2,2H3. The molecule has 0 aromatic heterocycles. The van der Waals surface area contributed by atoms with Crippen LogP contribution >= 0.6 is 0 Å². The van der Waals surface area contributed by atoms with Crippen LogP contribution in [0.15, 0.2) is 12.3 Å². The van der Waals surface area contributed by atoms with E-state index in [4.69, 9.17) is 0 Å². The normalized spacial score (nSPS) is 14.7. The fourth-order valence-electron chi connectivity index (χ4n) is 0.722. The number of rotatable bonds is 4. The van der Waals surface area contributed by atoms with Crippen LogP contribution in [0.2, 0.25) is 0 Å². The fraction of sp³-hybridized carbons (Fsp3) is 0.714. The number of hydrogen-bond acceptors (Lipinski definition) is 1. The molecule has 0 spiro atoms. The maximum Gasteiger partial charge on any atom is 0.460 e. The summed E-state index contributed by atoms with van der Waals surface area (Å²) in [6.07, 6.45) is -6.81. The van der Waals surface area contributed by atoms with E-state index >= 15 is 0 Å². The largest absolute Gasteiger partial charge is 0.460 e. The monoisotopic (exact) mass is 275 g/mol. The first-order chi connectivity index (χ1) is 7.17. The summed E-state index contributed by atoms with van der Waals surface area (Å²) in [6, 6.07) is -5.79. The predicted octanol–water partition coefficient (Wildman–Crippen LogP) is 3.54. The molecule has 0 unspecified atom stereocenters. The first kappa shape index (κ1) is 15.9. The predicted molar refractivity (Wildman–Crippen MR) is 38.8 cm³/mol. The number of alkyl halides is 9. The van der Waals surface area contributed by atoms with E-state index < -0.39 is 29.8 Å². The minimum atomic E-state index is -6.88. The number of allylic oxidation sites excluding steroid dienone is 1. The molecule has 0 saturated heterocycles. The van der Waals surface area contributed by atoms with Crippen LogP contribution in [-0.4, -0.2) is 24.1 Å². The first-order valence-corrected chi connectivity index (χ1v) is 3.80. The highest BCUT2D eigenvalue weighted by Gasteiger charge is 2.82. The topological polar surface area (TPSA) is 12.0 Å². The zero-order valence-corrected chi connectivity index (χ0v) is 8.11. The van der Waals surface area contributed by atoms with Gasteiger partial charge in [-0.1, -0.05) is 6.58 Å². The maximum atomic E-state index is 12.6. The van der Waals surface area contributed by atoms with Gasteiger partial charge < -0.3 is 5.32 Å². The molecule has 0 bridgehead atoms. The highest BCUT2D eigenvalue weighted by atomic mass is 19.4. The molecule has 102 valence electrons. The zero-order valence-electron chi connectivity index (χ0n) is 8.11. The summed E-state index contributed by atoms with van der Waals surface area (Å²) >= 11 is 0. The van der Waals surface area contributed by atoms with Gasteiger partial charge in [-0.3, -0.25) is 0 Å². The average Bonchev–Trinajstić information content (AvgIpc) is 1.98. The van der Waals surface area contributed by atoms with E-state index in [0.29, 0.717) is 12.2 Å². The van der Waals surface area contributed by atoms with Gasteiger partial charge in [0.2, 0.25) is 0 Å². The van der Waals surface area contributed by atoms with Crippen molar-refractivity contribution in [3.63, 3.8) is 0 Å². The quantitative estimate of drug-likeness (QED) is 0.611. The number of halogens is 9. The number of hydrogen-bond donors (Lipinski definition) is 1. The molecule has 10 heteroatoms. The van der Waals surface area contributed by atoms with Crippen molar-refractivity contribution in [3.8, 4) is 0 Å². The highest BCUT2D eigenvalue weighted by molar-refractivity contribution is 5.03. The molecule has 0 aromatic carbocycles. The van der Waals surface area contributed by atoms with Gasteiger partial charge in [-0.2, -0.15) is 39.5 Å². The van der Waals surface area contributed by atoms with E-state index in [9.17, 15) is 39.5 Å². The van der Waals surface area contributed by atoms with E-state index in [1.165, 1.54) is 0 Å². The van der Waals surface area contributed by atoms with Crippen LogP contribution in [0.3, 0.4) is 0 Å². The van der Waals surface area contributed by atoms with Crippen molar-refractivity contribution in [2.24, 2.45) is 0 Å². The lowest BCUT2D eigenvalue weighted by Crippen LogP contribution is -2.65. The van der Waals surface area contributed by atoms with Gasteiger partial charge in [-0.15, -0.1) is 0 Å². The van der Waals surface area contributed by atoms with Gasteiger partial charge in [0, 0.05) is 5.70 Å². The van der Waals surface area contributed by atoms with E-state index in [0.717, 1.165) is 0 Å². The minimum absolute atomic E-state index is 0.480. The lowest BCUT2D eigenvalue weighted by atomic mass is 10.1. The van der Waals surface area contributed by atoms with E-state index in [-0.39, 0.29) is 0 Å². The molecule has 0 aliphatic carbocycles. The molecule has 1 nitrogen and oxygen atoms in total. The van der Waals surface area contributed by atoms with Crippen LogP contribution in [0.4, 0.5) is 39.5 Å². The summed E-state index contributed by atoms with van der Waals surface area (Å²) in [5.74, 6) is -13.5. The van der Waals surface area contributed by atoms with Gasteiger partial charge in [0.05, 0.1) is 0 Å². The van der Waals surface area contributed by atoms with E-state index in [1.807, 2.05) is 0 Å². The Hall–Kier alpha value is -1.09. The molecule has 0 aliphatic heterocycles. The van der Waals surface area contributed by atoms with Crippen molar-refractivity contribution in [2.45, 2.75) is 31.0 Å². The second-order valence-corrected chi connectivity index (χ2v) is 3.13. The van der Waals surface area contributed by atoms with Gasteiger partial charge in [-0.25, -0.2) is 0 Å². The summed E-state index contributed by atoms with van der Waals surface area (Å²) in [7, 11) is 0. The van der Waals surface area contributed by atoms with Gasteiger partial charge >= 0.3 is 24.1 Å². The molecule has 0 aromatic rings. The summed E-state index contributed by atoms with van der Waals surface area (Å²) in [6.45, 7) is 3.34. The van der Waals surface area contributed by atoms with Crippen LogP contribution in [0.5, 0.6) is 0 Å². The van der Waals surface area contributed by atoms with Crippen molar-refractivity contribution in [1.82, 2.24) is 5.32 Å². The Morgan fingerprint density at radius 1 is 0.824 bits per heavy atom. The van der Waals surface area contributed by atoms with Crippen LogP contribution in [0.1, 0.15) is 6.92 Å². The summed E-state index contributed by atoms with van der Waals surface area (Å²) < 4.78 is 109. The second-order valence-electron chi connectivity index (χ2n) is 3.13. The molecular formula is C7H6F9N. The molecular weight excluding hydrogens is 269 g/mol. The Balaban J connectivity index is 5.47. The third kappa shape index (κ3) is 2.60. The summed E-state index contributed by atoms with van der Waals surface area (Å²) in [5.41, 5.74) is -0.896. The summed E-state index contributed by atoms with van der Waals surface area (Å²) in [5, 5.41) is 0.480. The first-order valence-electron chi connectivity index (χ1n) is 3.80. The lowest BCUT2D eigenvalue weighted by molar-refractivity contribution is -0.399. The fourth-order valence-corrected chi connectivity index (χ4v) is 0.722. The molecule has 17 heavy (non-hydrogen) atoms. The Bertz CT molecular complexity index is 303. The molecule has 0 amide bonds. The second kappa shape index (κ2) is 3.98. The van der Waals surface area contributed by atoms with Crippen molar-refractivity contribution in [2.75, 3.05) is 0 Å². The molecule has 0 atom stereocenters. The SMILES string of the molecule is C=C(C)NC(F)(F)C(F)(F)C(F)(F)C(F)(F)F. The Morgan fingerprint density at radius 3 is 1.41 bits per heavy atom. The minimum Gasteiger partial charge on any atom is -0.326 e. The third-order valence-electron chi connectivity index (χ3n) is 1.52. The summed E-state index contributed by atoms with van der Waals surface area (Å²) in [4.78, 5) is 0. The Morgan fingerprint density at radius 2 is 1.18 bits per heavy atom. The van der Waals surface area contributed by atoms with E-state index in [2.05, 4.69) is 6.58 Å². The van der Waals surface area contributed by atoms with Gasteiger partial charge in [0.15, 0.2) is 0 Å². The molecule has 0 rings (SSSR count). The van der Waals surface area contributed by atoms with Gasteiger partial charge in [-0.05, 0) is 6.92 Å². The maximum absolute atomic E-state index is 12.6.